The number of rotatable bonds is 5. The maximum Gasteiger partial charge on any atom is 0.326 e. The highest BCUT2D eigenvalue weighted by molar-refractivity contribution is 6.45. The molecule has 0 heterocycles. The second-order valence-corrected chi connectivity index (χ2v) is 4.56. The fourth-order valence-electron chi connectivity index (χ4n) is 1.44. The molecule has 0 aliphatic carbocycles. The first kappa shape index (κ1) is 13.7. The van der Waals surface area contributed by atoms with Crippen molar-refractivity contribution < 1.29 is 14.9 Å². The zero-order valence-corrected chi connectivity index (χ0v) is 10.1. The van der Waals surface area contributed by atoms with Crippen LogP contribution in [0.4, 0.5) is 0 Å². The molecule has 1 aromatic carbocycles. The number of aliphatic hydroxyl groups is 1. The second-order valence-electron chi connectivity index (χ2n) is 4.56. The molecule has 1 rings (SSSR count). The van der Waals surface area contributed by atoms with Crippen molar-refractivity contribution >= 4 is 18.9 Å². The Hall–Kier alpha value is -1.33. The summed E-state index contributed by atoms with van der Waals surface area (Å²) in [5.74, 6) is -0.187. The molecule has 0 atom stereocenters. The van der Waals surface area contributed by atoms with Gasteiger partial charge in [-0.2, -0.15) is 0 Å². The monoisotopic (exact) mass is 234 g/mol. The molecule has 0 saturated heterocycles. The maximum atomic E-state index is 11.9. The molecule has 0 aliphatic rings. The summed E-state index contributed by atoms with van der Waals surface area (Å²) in [6, 6.07) is 6.61. The van der Waals surface area contributed by atoms with E-state index in [1.807, 2.05) is 13.8 Å². The van der Waals surface area contributed by atoms with Crippen LogP contribution in [-0.2, 0) is 0 Å². The molecule has 0 saturated carbocycles. The van der Waals surface area contributed by atoms with E-state index in [0.717, 1.165) is 7.48 Å². The molecule has 0 spiro atoms. The minimum absolute atomic E-state index is 0.0334. The van der Waals surface area contributed by atoms with E-state index >= 15 is 0 Å². The van der Waals surface area contributed by atoms with Crippen molar-refractivity contribution in [3.63, 3.8) is 0 Å². The van der Waals surface area contributed by atoms with E-state index in [0.29, 0.717) is 17.4 Å². The van der Waals surface area contributed by atoms with Gasteiger partial charge in [0.15, 0.2) is 0 Å². The molecule has 1 aromatic rings. The quantitative estimate of drug-likeness (QED) is 0.618. The number of carbonyl (C=O) groups excluding carboxylic acids is 1. The lowest BCUT2D eigenvalue weighted by atomic mass is 9.88. The highest BCUT2D eigenvalue weighted by Crippen LogP contribution is 2.09. The lowest BCUT2D eigenvalue weighted by molar-refractivity contribution is 0.0899. The average Bonchev–Trinajstić information content (AvgIpc) is 2.28. The van der Waals surface area contributed by atoms with Crippen molar-refractivity contribution in [3.8, 4) is 0 Å². The predicted octanol–water partition coefficient (Wildman–Crippen LogP) is -0.186. The molecule has 0 aromatic heterocycles. The molecule has 0 aliphatic heterocycles. The van der Waals surface area contributed by atoms with E-state index < -0.39 is 5.54 Å². The Labute approximate surface area is 102 Å². The van der Waals surface area contributed by atoms with E-state index in [2.05, 4.69) is 5.32 Å². The summed E-state index contributed by atoms with van der Waals surface area (Å²) in [5.41, 5.74) is 0.742. The Bertz CT molecular complexity index is 376. The van der Waals surface area contributed by atoms with Crippen LogP contribution in [-0.4, -0.2) is 35.7 Å². The van der Waals surface area contributed by atoms with Crippen LogP contribution in [0, 0.1) is 0 Å². The largest absolute Gasteiger partial charge is 0.450 e. The van der Waals surface area contributed by atoms with Crippen LogP contribution in [0.3, 0.4) is 0 Å². The second kappa shape index (κ2) is 5.84. The SMILES string of the molecule is CC(C)(CCO)NC(=O)c1ccc([B]O)cc1. The van der Waals surface area contributed by atoms with Gasteiger partial charge in [0.25, 0.3) is 5.91 Å². The van der Waals surface area contributed by atoms with Crippen molar-refractivity contribution in [2.45, 2.75) is 25.8 Å². The van der Waals surface area contributed by atoms with Crippen LogP contribution in [0.2, 0.25) is 0 Å². The van der Waals surface area contributed by atoms with Gasteiger partial charge in [0, 0.05) is 17.7 Å². The van der Waals surface area contributed by atoms with Gasteiger partial charge >= 0.3 is 7.48 Å². The summed E-state index contributed by atoms with van der Waals surface area (Å²) in [4.78, 5) is 11.9. The Morgan fingerprint density at radius 1 is 1.35 bits per heavy atom. The van der Waals surface area contributed by atoms with Gasteiger partial charge in [-0.3, -0.25) is 4.79 Å². The molecular weight excluding hydrogens is 217 g/mol. The van der Waals surface area contributed by atoms with Crippen LogP contribution in [0.5, 0.6) is 0 Å². The molecule has 0 fully saturated rings. The van der Waals surface area contributed by atoms with Crippen molar-refractivity contribution in [3.05, 3.63) is 29.8 Å². The van der Waals surface area contributed by atoms with Crippen LogP contribution in [0.25, 0.3) is 0 Å². The summed E-state index contributed by atoms with van der Waals surface area (Å²) < 4.78 is 0. The minimum atomic E-state index is -0.437. The standard InChI is InChI=1S/C12H17BNO3/c1-12(2,7-8-15)14-11(16)9-3-5-10(13-17)6-4-9/h3-6,15,17H,7-8H2,1-2H3,(H,14,16). The van der Waals surface area contributed by atoms with Crippen LogP contribution >= 0.6 is 0 Å². The summed E-state index contributed by atoms with van der Waals surface area (Å²) in [6.45, 7) is 3.75. The fraction of sp³-hybridized carbons (Fsp3) is 0.417. The number of hydrogen-bond acceptors (Lipinski definition) is 3. The Kier molecular flexibility index (Phi) is 4.72. The van der Waals surface area contributed by atoms with Crippen molar-refractivity contribution in [2.75, 3.05) is 6.61 Å². The Balaban J connectivity index is 2.69. The first-order chi connectivity index (χ1) is 7.98. The molecule has 1 amide bonds. The van der Waals surface area contributed by atoms with Gasteiger partial charge in [-0.25, -0.2) is 0 Å². The number of benzene rings is 1. The third kappa shape index (κ3) is 4.21. The molecule has 0 unspecified atom stereocenters. The van der Waals surface area contributed by atoms with Gasteiger partial charge in [-0.05, 0) is 32.4 Å². The molecule has 91 valence electrons. The van der Waals surface area contributed by atoms with E-state index in [4.69, 9.17) is 10.1 Å². The Morgan fingerprint density at radius 2 is 1.94 bits per heavy atom. The zero-order valence-electron chi connectivity index (χ0n) is 10.1. The lowest BCUT2D eigenvalue weighted by Crippen LogP contribution is -2.44. The average molecular weight is 234 g/mol. The zero-order chi connectivity index (χ0) is 12.9. The van der Waals surface area contributed by atoms with Gasteiger partial charge in [-0.15, -0.1) is 0 Å². The third-order valence-electron chi connectivity index (χ3n) is 2.51. The molecular formula is C12H17BNO3. The number of nitrogens with one attached hydrogen (secondary N) is 1. The van der Waals surface area contributed by atoms with Gasteiger partial charge in [-0.1, -0.05) is 17.6 Å². The third-order valence-corrected chi connectivity index (χ3v) is 2.51. The first-order valence-corrected chi connectivity index (χ1v) is 5.49. The van der Waals surface area contributed by atoms with Gasteiger partial charge in [0.1, 0.15) is 0 Å². The molecule has 1 radical (unpaired) electrons. The normalized spacial score (nSPS) is 11.1. The predicted molar refractivity (Wildman–Crippen MR) is 67.3 cm³/mol. The van der Waals surface area contributed by atoms with E-state index in [-0.39, 0.29) is 12.5 Å². The highest BCUT2D eigenvalue weighted by Gasteiger charge is 2.20. The van der Waals surface area contributed by atoms with Gasteiger partial charge in [0.2, 0.25) is 0 Å². The van der Waals surface area contributed by atoms with Gasteiger partial charge < -0.3 is 15.4 Å². The molecule has 3 N–H and O–H groups in total. The lowest BCUT2D eigenvalue weighted by Gasteiger charge is -2.25. The number of carbonyl (C=O) groups is 1. The number of hydrogen-bond donors (Lipinski definition) is 3. The molecule has 5 heteroatoms. The van der Waals surface area contributed by atoms with Crippen molar-refractivity contribution in [2.24, 2.45) is 0 Å². The summed E-state index contributed by atoms with van der Waals surface area (Å²) >= 11 is 0. The number of aliphatic hydroxyl groups excluding tert-OH is 1. The summed E-state index contributed by atoms with van der Waals surface area (Å²) in [7, 11) is 0.984. The highest BCUT2D eigenvalue weighted by atomic mass is 16.3. The van der Waals surface area contributed by atoms with Crippen molar-refractivity contribution in [1.29, 1.82) is 0 Å². The summed E-state index contributed by atoms with van der Waals surface area (Å²) in [5, 5.41) is 20.5. The smallest absolute Gasteiger partial charge is 0.326 e. The summed E-state index contributed by atoms with van der Waals surface area (Å²) in [6.07, 6.45) is 0.501. The topological polar surface area (TPSA) is 69.6 Å². The number of amides is 1. The minimum Gasteiger partial charge on any atom is -0.450 e. The van der Waals surface area contributed by atoms with E-state index in [1.165, 1.54) is 0 Å². The molecule has 0 bridgehead atoms. The van der Waals surface area contributed by atoms with E-state index in [1.54, 1.807) is 24.3 Å². The van der Waals surface area contributed by atoms with Gasteiger partial charge in [0.05, 0.1) is 0 Å². The molecule has 17 heavy (non-hydrogen) atoms. The van der Waals surface area contributed by atoms with Crippen LogP contribution < -0.4 is 10.8 Å². The van der Waals surface area contributed by atoms with Crippen LogP contribution in [0.15, 0.2) is 24.3 Å². The Morgan fingerprint density at radius 3 is 2.41 bits per heavy atom. The maximum absolute atomic E-state index is 11.9. The van der Waals surface area contributed by atoms with Crippen LogP contribution in [0.1, 0.15) is 30.6 Å². The first-order valence-electron chi connectivity index (χ1n) is 5.49. The van der Waals surface area contributed by atoms with E-state index in [9.17, 15) is 4.79 Å². The molecule has 4 nitrogen and oxygen atoms in total. The van der Waals surface area contributed by atoms with Crippen molar-refractivity contribution in [1.82, 2.24) is 5.32 Å². The fourth-order valence-corrected chi connectivity index (χ4v) is 1.44.